The summed E-state index contributed by atoms with van der Waals surface area (Å²) in [6.45, 7) is 8.06. The SMILES string of the molecule is CO[C@H]1CC(O[C@H]2CC[C@@]3(C)[C@H](CC[C@@H]4[C@@H]3CC[C@]3(C)[C@@H](C5=CC(=O)OC5)[C@@H](OC(C)=O)C[C@]43O)C2)O[C@H](C)[C@H]1O. The molecule has 0 bridgehead atoms. The van der Waals surface area contributed by atoms with Gasteiger partial charge in [0, 0.05) is 44.3 Å². The van der Waals surface area contributed by atoms with Gasteiger partial charge < -0.3 is 33.9 Å². The molecule has 9 heteroatoms. The summed E-state index contributed by atoms with van der Waals surface area (Å²) in [5.74, 6) is 0.0175. The van der Waals surface area contributed by atoms with Crippen molar-refractivity contribution in [3.8, 4) is 0 Å². The van der Waals surface area contributed by atoms with Crippen LogP contribution in [-0.2, 0) is 33.3 Å². The van der Waals surface area contributed by atoms with Crippen molar-refractivity contribution in [1.82, 2.24) is 0 Å². The summed E-state index contributed by atoms with van der Waals surface area (Å²) in [5.41, 5.74) is -0.559. The van der Waals surface area contributed by atoms with Crippen molar-refractivity contribution in [2.75, 3.05) is 13.7 Å². The van der Waals surface area contributed by atoms with Gasteiger partial charge in [0.2, 0.25) is 0 Å². The molecule has 0 amide bonds. The Labute approximate surface area is 243 Å². The highest BCUT2D eigenvalue weighted by Crippen LogP contribution is 2.70. The highest BCUT2D eigenvalue weighted by Gasteiger charge is 2.71. The number of hydrogen-bond donors (Lipinski definition) is 2. The molecule has 0 spiro atoms. The topological polar surface area (TPSA) is 121 Å². The molecule has 4 saturated carbocycles. The molecule has 0 aromatic rings. The van der Waals surface area contributed by atoms with Crippen LogP contribution in [0.3, 0.4) is 0 Å². The first-order chi connectivity index (χ1) is 19.4. The molecule has 2 heterocycles. The van der Waals surface area contributed by atoms with Crippen LogP contribution in [0.4, 0.5) is 0 Å². The minimum Gasteiger partial charge on any atom is -0.462 e. The van der Waals surface area contributed by atoms with Crippen LogP contribution in [0.1, 0.15) is 85.5 Å². The van der Waals surface area contributed by atoms with E-state index in [2.05, 4.69) is 13.8 Å². The van der Waals surface area contributed by atoms with Crippen LogP contribution in [0.5, 0.6) is 0 Å². The molecule has 1 unspecified atom stereocenters. The van der Waals surface area contributed by atoms with Crippen molar-refractivity contribution in [3.63, 3.8) is 0 Å². The van der Waals surface area contributed by atoms with Gasteiger partial charge in [0.1, 0.15) is 18.8 Å². The second kappa shape index (κ2) is 10.6. The molecule has 2 aliphatic heterocycles. The summed E-state index contributed by atoms with van der Waals surface area (Å²) < 4.78 is 29.1. The molecule has 5 fully saturated rings. The number of methoxy groups -OCH3 is 1. The van der Waals surface area contributed by atoms with Crippen molar-refractivity contribution in [2.45, 2.75) is 128 Å². The van der Waals surface area contributed by atoms with Gasteiger partial charge in [0.25, 0.3) is 0 Å². The van der Waals surface area contributed by atoms with Crippen LogP contribution >= 0.6 is 0 Å². The Balaban J connectivity index is 1.19. The number of esters is 2. The fourth-order valence-corrected chi connectivity index (χ4v) is 10.4. The first kappa shape index (κ1) is 29.5. The molecule has 4 aliphatic carbocycles. The van der Waals surface area contributed by atoms with Crippen molar-refractivity contribution in [3.05, 3.63) is 11.6 Å². The largest absolute Gasteiger partial charge is 0.462 e. The van der Waals surface area contributed by atoms with E-state index in [4.69, 9.17) is 23.7 Å². The monoisotopic (exact) mass is 576 g/mol. The number of carbonyl (C=O) groups excluding carboxylic acids is 2. The quantitative estimate of drug-likeness (QED) is 0.373. The fraction of sp³-hybridized carbons (Fsp3) is 0.875. The van der Waals surface area contributed by atoms with Gasteiger partial charge >= 0.3 is 11.9 Å². The van der Waals surface area contributed by atoms with E-state index >= 15 is 0 Å². The Kier molecular flexibility index (Phi) is 7.62. The summed E-state index contributed by atoms with van der Waals surface area (Å²) in [4.78, 5) is 24.2. The molecule has 9 nitrogen and oxygen atoms in total. The molecule has 6 aliphatic rings. The van der Waals surface area contributed by atoms with Crippen LogP contribution < -0.4 is 0 Å². The lowest BCUT2D eigenvalue weighted by Crippen LogP contribution is -2.62. The maximum atomic E-state index is 12.7. The van der Waals surface area contributed by atoms with E-state index in [1.807, 2.05) is 6.92 Å². The average molecular weight is 577 g/mol. The molecule has 0 aromatic carbocycles. The molecule has 13 atom stereocenters. The zero-order valence-electron chi connectivity index (χ0n) is 25.2. The third kappa shape index (κ3) is 4.69. The minimum absolute atomic E-state index is 0.0898. The van der Waals surface area contributed by atoms with E-state index in [-0.39, 0.29) is 60.4 Å². The van der Waals surface area contributed by atoms with Crippen molar-refractivity contribution in [2.24, 2.45) is 34.5 Å². The summed E-state index contributed by atoms with van der Waals surface area (Å²) in [6, 6.07) is 0. The molecular formula is C32H48O9. The lowest BCUT2D eigenvalue weighted by atomic mass is 9.43. The van der Waals surface area contributed by atoms with Gasteiger partial charge in [-0.1, -0.05) is 13.8 Å². The molecule has 230 valence electrons. The van der Waals surface area contributed by atoms with Crippen molar-refractivity contribution >= 4 is 11.9 Å². The van der Waals surface area contributed by atoms with Gasteiger partial charge in [-0.2, -0.15) is 0 Å². The van der Waals surface area contributed by atoms with Gasteiger partial charge in [-0.05, 0) is 80.6 Å². The first-order valence-electron chi connectivity index (χ1n) is 15.7. The highest BCUT2D eigenvalue weighted by atomic mass is 16.7. The van der Waals surface area contributed by atoms with Crippen LogP contribution in [0.15, 0.2) is 11.6 Å². The third-order valence-electron chi connectivity index (χ3n) is 12.5. The van der Waals surface area contributed by atoms with Crippen molar-refractivity contribution < 1.29 is 43.5 Å². The lowest BCUT2D eigenvalue weighted by molar-refractivity contribution is -0.273. The average Bonchev–Trinajstić information content (AvgIpc) is 3.42. The molecule has 0 radical (unpaired) electrons. The maximum absolute atomic E-state index is 12.7. The van der Waals surface area contributed by atoms with E-state index in [9.17, 15) is 19.8 Å². The van der Waals surface area contributed by atoms with Gasteiger partial charge in [-0.15, -0.1) is 0 Å². The smallest absolute Gasteiger partial charge is 0.331 e. The predicted molar refractivity (Wildman–Crippen MR) is 147 cm³/mol. The highest BCUT2D eigenvalue weighted by molar-refractivity contribution is 5.85. The summed E-state index contributed by atoms with van der Waals surface area (Å²) in [5, 5.41) is 23.0. The van der Waals surface area contributed by atoms with E-state index < -0.39 is 23.2 Å². The lowest BCUT2D eigenvalue weighted by Gasteiger charge is -2.63. The van der Waals surface area contributed by atoms with E-state index in [0.717, 1.165) is 50.5 Å². The van der Waals surface area contributed by atoms with Crippen LogP contribution in [-0.4, -0.2) is 78.3 Å². The Hall–Kier alpha value is -1.52. The van der Waals surface area contributed by atoms with E-state index in [1.54, 1.807) is 13.2 Å². The number of aliphatic hydroxyl groups is 2. The zero-order chi connectivity index (χ0) is 29.3. The Morgan fingerprint density at radius 3 is 2.54 bits per heavy atom. The molecule has 41 heavy (non-hydrogen) atoms. The predicted octanol–water partition coefficient (Wildman–Crippen LogP) is 3.68. The normalized spacial score (nSPS) is 51.2. The second-order valence-electron chi connectivity index (χ2n) is 14.3. The minimum atomic E-state index is -0.990. The summed E-state index contributed by atoms with van der Waals surface area (Å²) in [7, 11) is 1.62. The van der Waals surface area contributed by atoms with Crippen LogP contribution in [0.25, 0.3) is 0 Å². The third-order valence-corrected chi connectivity index (χ3v) is 12.5. The number of aliphatic hydroxyl groups excluding tert-OH is 1. The standard InChI is InChI=1S/C32H48O9/c1-17-29(35)24(37-5)14-27(39-17)41-21-8-10-30(3)20(13-21)6-7-23-22(30)9-11-31(4)28(19-12-26(34)38-16-19)25(40-18(2)33)15-32(23,31)36/h12,17,20-25,27-29,35-36H,6-11,13-16H2,1-5H3/t17-,20-,21+,22+,23-,24+,25+,27?,28+,29-,30+,31-,32+/m1/s1. The van der Waals surface area contributed by atoms with E-state index in [1.165, 1.54) is 6.92 Å². The zero-order valence-corrected chi connectivity index (χ0v) is 25.2. The number of rotatable bonds is 5. The molecule has 6 rings (SSSR count). The number of hydrogen-bond acceptors (Lipinski definition) is 9. The molecule has 0 aromatic heterocycles. The second-order valence-corrected chi connectivity index (χ2v) is 14.3. The Morgan fingerprint density at radius 1 is 1.07 bits per heavy atom. The maximum Gasteiger partial charge on any atom is 0.331 e. The van der Waals surface area contributed by atoms with E-state index in [0.29, 0.717) is 24.7 Å². The summed E-state index contributed by atoms with van der Waals surface area (Å²) in [6.07, 6.45) is 7.14. The summed E-state index contributed by atoms with van der Waals surface area (Å²) >= 11 is 0. The number of ether oxygens (including phenoxy) is 5. The number of carbonyl (C=O) groups is 2. The molecular weight excluding hydrogens is 528 g/mol. The number of fused-ring (bicyclic) bond motifs is 5. The van der Waals surface area contributed by atoms with Crippen LogP contribution in [0, 0.1) is 34.5 Å². The van der Waals surface area contributed by atoms with Gasteiger partial charge in [0.15, 0.2) is 6.29 Å². The Morgan fingerprint density at radius 2 is 1.85 bits per heavy atom. The van der Waals surface area contributed by atoms with Gasteiger partial charge in [0.05, 0.1) is 23.9 Å². The molecule has 1 saturated heterocycles. The van der Waals surface area contributed by atoms with Crippen molar-refractivity contribution in [1.29, 1.82) is 0 Å². The van der Waals surface area contributed by atoms with Gasteiger partial charge in [-0.3, -0.25) is 4.79 Å². The Bertz CT molecular complexity index is 1080. The van der Waals surface area contributed by atoms with Crippen LogP contribution in [0.2, 0.25) is 0 Å². The molecule has 2 N–H and O–H groups in total. The van der Waals surface area contributed by atoms with Gasteiger partial charge in [-0.25, -0.2) is 4.79 Å². The first-order valence-corrected chi connectivity index (χ1v) is 15.7. The fourth-order valence-electron chi connectivity index (χ4n) is 10.4. The number of cyclic esters (lactones) is 1.